The molecule has 0 aliphatic carbocycles. The zero-order valence-electron chi connectivity index (χ0n) is 10.6. The number of aliphatic hydroxyl groups is 1. The van der Waals surface area contributed by atoms with Crippen LogP contribution >= 0.6 is 0 Å². The first kappa shape index (κ1) is 12.4. The van der Waals surface area contributed by atoms with Gasteiger partial charge in [0.05, 0.1) is 13.2 Å². The molecule has 0 spiro atoms. The average molecular weight is 235 g/mol. The Balaban J connectivity index is 2.06. The predicted molar refractivity (Wildman–Crippen MR) is 68.4 cm³/mol. The van der Waals surface area contributed by atoms with Crippen molar-refractivity contribution in [1.29, 1.82) is 0 Å². The van der Waals surface area contributed by atoms with Gasteiger partial charge in [-0.1, -0.05) is 19.1 Å². The minimum Gasteiger partial charge on any atom is -0.493 e. The summed E-state index contributed by atoms with van der Waals surface area (Å²) < 4.78 is 5.50. The van der Waals surface area contributed by atoms with E-state index in [9.17, 15) is 5.11 Å². The fourth-order valence-electron chi connectivity index (χ4n) is 2.23. The molecule has 3 heteroatoms. The third-order valence-electron chi connectivity index (χ3n) is 3.41. The van der Waals surface area contributed by atoms with Crippen LogP contribution in [0.1, 0.15) is 37.4 Å². The largest absolute Gasteiger partial charge is 0.493 e. The lowest BCUT2D eigenvalue weighted by Crippen LogP contribution is -2.33. The van der Waals surface area contributed by atoms with Gasteiger partial charge in [-0.25, -0.2) is 0 Å². The fraction of sp³-hybridized carbons (Fsp3) is 0.571. The van der Waals surface area contributed by atoms with Crippen molar-refractivity contribution in [2.75, 3.05) is 13.2 Å². The first-order chi connectivity index (χ1) is 8.24. The zero-order valence-corrected chi connectivity index (χ0v) is 10.6. The molecule has 2 atom stereocenters. The SMILES string of the molecule is CC[C@@H](CO)NC(C)c1ccc2c(c1)CCO2. The first-order valence-electron chi connectivity index (χ1n) is 6.37. The fourth-order valence-corrected chi connectivity index (χ4v) is 2.23. The van der Waals surface area contributed by atoms with E-state index in [0.29, 0.717) is 0 Å². The monoisotopic (exact) mass is 235 g/mol. The molecular weight excluding hydrogens is 214 g/mol. The van der Waals surface area contributed by atoms with Crippen molar-refractivity contribution in [1.82, 2.24) is 5.32 Å². The maximum atomic E-state index is 9.19. The van der Waals surface area contributed by atoms with Crippen LogP contribution in [0, 0.1) is 0 Å². The number of benzene rings is 1. The van der Waals surface area contributed by atoms with Gasteiger partial charge in [0.2, 0.25) is 0 Å². The normalized spacial score (nSPS) is 17.4. The van der Waals surface area contributed by atoms with Crippen LogP contribution in [0.5, 0.6) is 5.75 Å². The zero-order chi connectivity index (χ0) is 12.3. The number of aliphatic hydroxyl groups excluding tert-OH is 1. The summed E-state index contributed by atoms with van der Waals surface area (Å²) in [5, 5.41) is 12.6. The smallest absolute Gasteiger partial charge is 0.122 e. The summed E-state index contributed by atoms with van der Waals surface area (Å²) in [5.41, 5.74) is 2.56. The molecule has 17 heavy (non-hydrogen) atoms. The molecule has 94 valence electrons. The quantitative estimate of drug-likeness (QED) is 0.820. The van der Waals surface area contributed by atoms with E-state index in [4.69, 9.17) is 4.74 Å². The molecule has 0 bridgehead atoms. The van der Waals surface area contributed by atoms with Gasteiger partial charge in [-0.05, 0) is 30.5 Å². The lowest BCUT2D eigenvalue weighted by molar-refractivity contribution is 0.230. The van der Waals surface area contributed by atoms with Crippen LogP contribution in [0.25, 0.3) is 0 Å². The summed E-state index contributed by atoms with van der Waals surface area (Å²) in [4.78, 5) is 0. The molecule has 1 aliphatic heterocycles. The van der Waals surface area contributed by atoms with Crippen molar-refractivity contribution < 1.29 is 9.84 Å². The van der Waals surface area contributed by atoms with E-state index >= 15 is 0 Å². The first-order valence-corrected chi connectivity index (χ1v) is 6.37. The second-order valence-electron chi connectivity index (χ2n) is 4.64. The maximum Gasteiger partial charge on any atom is 0.122 e. The summed E-state index contributed by atoms with van der Waals surface area (Å²) >= 11 is 0. The van der Waals surface area contributed by atoms with Gasteiger partial charge in [0.15, 0.2) is 0 Å². The molecular formula is C14H21NO2. The summed E-state index contributed by atoms with van der Waals surface area (Å²) in [6, 6.07) is 6.80. The molecule has 2 rings (SSSR count). The van der Waals surface area contributed by atoms with Gasteiger partial charge in [0.1, 0.15) is 5.75 Å². The van der Waals surface area contributed by atoms with Crippen LogP contribution in [0.15, 0.2) is 18.2 Å². The van der Waals surface area contributed by atoms with E-state index in [1.807, 2.05) is 0 Å². The molecule has 0 amide bonds. The Bertz CT molecular complexity index is 374. The number of nitrogens with one attached hydrogen (secondary N) is 1. The van der Waals surface area contributed by atoms with Crippen molar-refractivity contribution in [3.63, 3.8) is 0 Å². The molecule has 1 unspecified atom stereocenters. The summed E-state index contributed by atoms with van der Waals surface area (Å²) in [7, 11) is 0. The van der Waals surface area contributed by atoms with Crippen molar-refractivity contribution in [2.45, 2.75) is 38.8 Å². The van der Waals surface area contributed by atoms with Gasteiger partial charge in [-0.3, -0.25) is 0 Å². The molecule has 0 saturated carbocycles. The van der Waals surface area contributed by atoms with Crippen LogP contribution in [-0.2, 0) is 6.42 Å². The third-order valence-corrected chi connectivity index (χ3v) is 3.41. The Hall–Kier alpha value is -1.06. The van der Waals surface area contributed by atoms with Gasteiger partial charge >= 0.3 is 0 Å². The second kappa shape index (κ2) is 5.52. The molecule has 1 aromatic rings. The Kier molecular flexibility index (Phi) is 4.02. The Morgan fingerprint density at radius 1 is 1.47 bits per heavy atom. The van der Waals surface area contributed by atoms with Crippen molar-refractivity contribution in [3.05, 3.63) is 29.3 Å². The number of rotatable bonds is 5. The minimum atomic E-state index is 0.175. The summed E-state index contributed by atoms with van der Waals surface area (Å²) in [6.45, 7) is 5.21. The highest BCUT2D eigenvalue weighted by Gasteiger charge is 2.16. The highest BCUT2D eigenvalue weighted by Crippen LogP contribution is 2.28. The van der Waals surface area contributed by atoms with Crippen LogP contribution in [0.2, 0.25) is 0 Å². The molecule has 1 heterocycles. The standard InChI is InChI=1S/C14H21NO2/c1-3-13(9-16)15-10(2)11-4-5-14-12(8-11)6-7-17-14/h4-5,8,10,13,15-16H,3,6-7,9H2,1-2H3/t10?,13-/m0/s1. The van der Waals surface area contributed by atoms with Crippen molar-refractivity contribution >= 4 is 0 Å². The van der Waals surface area contributed by atoms with Gasteiger partial charge in [0.25, 0.3) is 0 Å². The van der Waals surface area contributed by atoms with E-state index in [2.05, 4.69) is 37.4 Å². The predicted octanol–water partition coefficient (Wildman–Crippen LogP) is 2.04. The molecule has 1 aliphatic rings. The highest BCUT2D eigenvalue weighted by molar-refractivity contribution is 5.40. The molecule has 0 aromatic heterocycles. The number of hydrogen-bond acceptors (Lipinski definition) is 3. The summed E-state index contributed by atoms with van der Waals surface area (Å²) in [6.07, 6.45) is 1.95. The average Bonchev–Trinajstić information content (AvgIpc) is 2.82. The van der Waals surface area contributed by atoms with Gasteiger partial charge in [-0.2, -0.15) is 0 Å². The van der Waals surface area contributed by atoms with Gasteiger partial charge < -0.3 is 15.2 Å². The third kappa shape index (κ3) is 2.79. The van der Waals surface area contributed by atoms with Crippen LogP contribution in [0.3, 0.4) is 0 Å². The molecule has 2 N–H and O–H groups in total. The van der Waals surface area contributed by atoms with E-state index in [1.54, 1.807) is 0 Å². The Labute approximate surface area is 103 Å². The van der Waals surface area contributed by atoms with E-state index in [-0.39, 0.29) is 18.7 Å². The van der Waals surface area contributed by atoms with Crippen LogP contribution in [-0.4, -0.2) is 24.4 Å². The maximum absolute atomic E-state index is 9.19. The number of hydrogen-bond donors (Lipinski definition) is 2. The summed E-state index contributed by atoms with van der Waals surface area (Å²) in [5.74, 6) is 1.02. The molecule has 0 saturated heterocycles. The van der Waals surface area contributed by atoms with Crippen molar-refractivity contribution in [2.24, 2.45) is 0 Å². The van der Waals surface area contributed by atoms with E-state index < -0.39 is 0 Å². The van der Waals surface area contributed by atoms with Gasteiger partial charge in [-0.15, -0.1) is 0 Å². The molecule has 0 radical (unpaired) electrons. The number of fused-ring (bicyclic) bond motifs is 1. The van der Waals surface area contributed by atoms with E-state index in [0.717, 1.165) is 25.2 Å². The Morgan fingerprint density at radius 2 is 2.29 bits per heavy atom. The highest BCUT2D eigenvalue weighted by atomic mass is 16.5. The molecule has 3 nitrogen and oxygen atoms in total. The van der Waals surface area contributed by atoms with Crippen molar-refractivity contribution in [3.8, 4) is 5.75 Å². The lowest BCUT2D eigenvalue weighted by atomic mass is 10.0. The molecule has 1 aromatic carbocycles. The van der Waals surface area contributed by atoms with E-state index in [1.165, 1.54) is 11.1 Å². The topological polar surface area (TPSA) is 41.5 Å². The Morgan fingerprint density at radius 3 is 3.00 bits per heavy atom. The number of ether oxygens (including phenoxy) is 1. The second-order valence-corrected chi connectivity index (χ2v) is 4.64. The lowest BCUT2D eigenvalue weighted by Gasteiger charge is -2.21. The van der Waals surface area contributed by atoms with Gasteiger partial charge in [0, 0.05) is 18.5 Å². The van der Waals surface area contributed by atoms with Crippen LogP contribution < -0.4 is 10.1 Å². The minimum absolute atomic E-state index is 0.175. The molecule has 0 fully saturated rings. The van der Waals surface area contributed by atoms with Crippen LogP contribution in [0.4, 0.5) is 0 Å².